The summed E-state index contributed by atoms with van der Waals surface area (Å²) in [6.45, 7) is 3.52. The predicted octanol–water partition coefficient (Wildman–Crippen LogP) is 4.60. The molecule has 0 unspecified atom stereocenters. The number of carbonyl (C=O) groups is 1. The van der Waals surface area contributed by atoms with E-state index in [9.17, 15) is 4.79 Å². The predicted molar refractivity (Wildman–Crippen MR) is 88.9 cm³/mol. The first-order chi connectivity index (χ1) is 11.4. The molecule has 0 aliphatic carbocycles. The number of nitriles is 2. The van der Waals surface area contributed by atoms with E-state index in [0.29, 0.717) is 27.7 Å². The minimum absolute atomic E-state index is 0.0820. The number of carbonyl (C=O) groups excluding carboxylic acids is 1. The quantitative estimate of drug-likeness (QED) is 0.599. The fourth-order valence-corrected chi connectivity index (χ4v) is 2.15. The highest BCUT2D eigenvalue weighted by Gasteiger charge is 2.18. The third-order valence-corrected chi connectivity index (χ3v) is 3.20. The van der Waals surface area contributed by atoms with Gasteiger partial charge in [0.05, 0.1) is 11.7 Å². The van der Waals surface area contributed by atoms with E-state index in [0.717, 1.165) is 0 Å². The van der Waals surface area contributed by atoms with Gasteiger partial charge in [0.15, 0.2) is 0 Å². The molecule has 0 atom stereocenters. The third kappa shape index (κ3) is 4.04. The smallest absolute Gasteiger partial charge is 0.339 e. The van der Waals surface area contributed by atoms with E-state index in [1.165, 1.54) is 6.08 Å². The van der Waals surface area contributed by atoms with Crippen LogP contribution in [-0.4, -0.2) is 12.1 Å². The molecule has 120 valence electrons. The highest BCUT2D eigenvalue weighted by molar-refractivity contribution is 6.31. The van der Waals surface area contributed by atoms with Crippen molar-refractivity contribution in [1.29, 1.82) is 10.5 Å². The summed E-state index contributed by atoms with van der Waals surface area (Å²) in [6.07, 6.45) is 1.06. The number of allylic oxidation sites excluding steroid dienone is 1. The highest BCUT2D eigenvalue weighted by Crippen LogP contribution is 2.30. The zero-order chi connectivity index (χ0) is 17.7. The Hall–Kier alpha value is -3.02. The summed E-state index contributed by atoms with van der Waals surface area (Å²) >= 11 is 6.02. The van der Waals surface area contributed by atoms with Gasteiger partial charge >= 0.3 is 5.97 Å². The summed E-state index contributed by atoms with van der Waals surface area (Å²) < 4.78 is 10.8. The average Bonchev–Trinajstić information content (AvgIpc) is 3.00. The molecule has 5 nitrogen and oxygen atoms in total. The number of benzene rings is 1. The van der Waals surface area contributed by atoms with Crippen molar-refractivity contribution in [1.82, 2.24) is 0 Å². The van der Waals surface area contributed by atoms with Gasteiger partial charge < -0.3 is 9.15 Å². The first-order valence-corrected chi connectivity index (χ1v) is 7.45. The second-order valence-electron chi connectivity index (χ2n) is 5.13. The maximum atomic E-state index is 12.2. The summed E-state index contributed by atoms with van der Waals surface area (Å²) in [6, 6.07) is 11.5. The lowest BCUT2D eigenvalue weighted by molar-refractivity contribution is 0.0378. The lowest BCUT2D eigenvalue weighted by Crippen LogP contribution is -2.12. The van der Waals surface area contributed by atoms with E-state index >= 15 is 0 Å². The molecule has 0 spiro atoms. The van der Waals surface area contributed by atoms with Crippen molar-refractivity contribution in [2.75, 3.05) is 0 Å². The number of hydrogen-bond acceptors (Lipinski definition) is 5. The molecule has 0 saturated carbocycles. The highest BCUT2D eigenvalue weighted by atomic mass is 35.5. The number of hydrogen-bond donors (Lipinski definition) is 0. The first kappa shape index (κ1) is 17.3. The molecule has 1 heterocycles. The maximum absolute atomic E-state index is 12.2. The molecule has 2 rings (SSSR count). The van der Waals surface area contributed by atoms with Crippen LogP contribution in [0.5, 0.6) is 0 Å². The standard InChI is InChI=1S/C18H13ClN2O3/c1-11(2)23-18(22)15-5-3-13(19)8-16(15)17-6-4-14(24-17)7-12(9-20)10-21/h3-8,11H,1-2H3. The molecule has 0 radical (unpaired) electrons. The van der Waals surface area contributed by atoms with Gasteiger partial charge in [0.25, 0.3) is 0 Å². The van der Waals surface area contributed by atoms with Gasteiger partial charge in [-0.25, -0.2) is 4.79 Å². The molecule has 0 N–H and O–H groups in total. The van der Waals surface area contributed by atoms with Gasteiger partial charge in [-0.1, -0.05) is 11.6 Å². The zero-order valence-corrected chi connectivity index (χ0v) is 13.8. The Morgan fingerprint density at radius 2 is 1.96 bits per heavy atom. The van der Waals surface area contributed by atoms with Gasteiger partial charge in [-0.15, -0.1) is 0 Å². The van der Waals surface area contributed by atoms with Gasteiger partial charge in [-0.05, 0) is 44.2 Å². The van der Waals surface area contributed by atoms with Crippen molar-refractivity contribution in [3.63, 3.8) is 0 Å². The van der Waals surface area contributed by atoms with Crippen LogP contribution in [0, 0.1) is 22.7 Å². The molecule has 1 aromatic heterocycles. The minimum atomic E-state index is -0.486. The molecule has 0 amide bonds. The summed E-state index contributed by atoms with van der Waals surface area (Å²) in [4.78, 5) is 12.2. The van der Waals surface area contributed by atoms with Gasteiger partial charge in [-0.3, -0.25) is 0 Å². The SMILES string of the molecule is CC(C)OC(=O)c1ccc(Cl)cc1-c1ccc(C=C(C#N)C#N)o1. The normalized spacial score (nSPS) is 9.92. The Bertz CT molecular complexity index is 866. The van der Waals surface area contributed by atoms with E-state index in [1.807, 2.05) is 0 Å². The largest absolute Gasteiger partial charge is 0.459 e. The molecule has 2 aromatic rings. The number of ether oxygens (including phenoxy) is 1. The van der Waals surface area contributed by atoms with Gasteiger partial charge in [0.2, 0.25) is 0 Å². The minimum Gasteiger partial charge on any atom is -0.459 e. The van der Waals surface area contributed by atoms with E-state index in [2.05, 4.69) is 0 Å². The lowest BCUT2D eigenvalue weighted by atomic mass is 10.1. The zero-order valence-electron chi connectivity index (χ0n) is 13.0. The molecule has 0 bridgehead atoms. The molecule has 0 aliphatic heterocycles. The van der Waals surface area contributed by atoms with Gasteiger partial charge in [0, 0.05) is 16.7 Å². The second kappa shape index (κ2) is 7.50. The Balaban J connectivity index is 2.46. The number of halogens is 1. The van der Waals surface area contributed by atoms with Gasteiger partial charge in [-0.2, -0.15) is 10.5 Å². The number of nitrogens with zero attached hydrogens (tertiary/aromatic N) is 2. The molecule has 0 saturated heterocycles. The maximum Gasteiger partial charge on any atom is 0.339 e. The van der Waals surface area contributed by atoms with Crippen molar-refractivity contribution in [3.05, 3.63) is 52.3 Å². The Kier molecular flexibility index (Phi) is 5.42. The summed E-state index contributed by atoms with van der Waals surface area (Å²) in [5.41, 5.74) is 0.712. The van der Waals surface area contributed by atoms with Crippen LogP contribution < -0.4 is 0 Å². The van der Waals surface area contributed by atoms with Crippen LogP contribution in [0.25, 0.3) is 17.4 Å². The summed E-state index contributed by atoms with van der Waals surface area (Å²) in [5, 5.41) is 18.0. The van der Waals surface area contributed by atoms with Crippen LogP contribution >= 0.6 is 11.6 Å². The van der Waals surface area contributed by atoms with Crippen LogP contribution in [0.4, 0.5) is 0 Å². The molecule has 24 heavy (non-hydrogen) atoms. The monoisotopic (exact) mass is 340 g/mol. The second-order valence-corrected chi connectivity index (χ2v) is 5.56. The Labute approximate surface area is 144 Å². The number of rotatable bonds is 4. The number of esters is 1. The van der Waals surface area contributed by atoms with Crippen molar-refractivity contribution in [2.45, 2.75) is 20.0 Å². The van der Waals surface area contributed by atoms with Crippen LogP contribution in [0.3, 0.4) is 0 Å². The fourth-order valence-electron chi connectivity index (χ4n) is 1.98. The van der Waals surface area contributed by atoms with Crippen LogP contribution in [-0.2, 0) is 4.74 Å². The van der Waals surface area contributed by atoms with Crippen LogP contribution in [0.1, 0.15) is 30.0 Å². The fraction of sp³-hybridized carbons (Fsp3) is 0.167. The van der Waals surface area contributed by atoms with Crippen molar-refractivity contribution in [2.24, 2.45) is 0 Å². The van der Waals surface area contributed by atoms with Crippen molar-refractivity contribution >= 4 is 23.6 Å². The van der Waals surface area contributed by atoms with Gasteiger partial charge in [0.1, 0.15) is 29.2 Å². The molecule has 1 aromatic carbocycles. The molecule has 0 aliphatic rings. The van der Waals surface area contributed by atoms with Crippen LogP contribution in [0.2, 0.25) is 5.02 Å². The van der Waals surface area contributed by atoms with E-state index in [4.69, 9.17) is 31.3 Å². The third-order valence-electron chi connectivity index (χ3n) is 2.96. The van der Waals surface area contributed by atoms with E-state index in [1.54, 1.807) is 56.3 Å². The topological polar surface area (TPSA) is 87.0 Å². The molecule has 0 fully saturated rings. The molecule has 6 heteroatoms. The Morgan fingerprint density at radius 3 is 2.58 bits per heavy atom. The average molecular weight is 341 g/mol. The summed E-state index contributed by atoms with van der Waals surface area (Å²) in [5.74, 6) is 0.223. The Morgan fingerprint density at radius 1 is 1.25 bits per heavy atom. The van der Waals surface area contributed by atoms with Crippen molar-refractivity contribution in [3.8, 4) is 23.5 Å². The molecular formula is C18H13ClN2O3. The van der Waals surface area contributed by atoms with E-state index in [-0.39, 0.29) is 11.7 Å². The lowest BCUT2D eigenvalue weighted by Gasteiger charge is -2.11. The van der Waals surface area contributed by atoms with E-state index < -0.39 is 5.97 Å². The van der Waals surface area contributed by atoms with Crippen molar-refractivity contribution < 1.29 is 13.9 Å². The van der Waals surface area contributed by atoms with Crippen LogP contribution in [0.15, 0.2) is 40.3 Å². The molecular weight excluding hydrogens is 328 g/mol. The summed E-state index contributed by atoms with van der Waals surface area (Å²) in [7, 11) is 0. The first-order valence-electron chi connectivity index (χ1n) is 7.07. The number of furan rings is 1.